The van der Waals surface area contributed by atoms with Crippen LogP contribution in [0.15, 0.2) is 59.3 Å². The van der Waals surface area contributed by atoms with Crippen molar-refractivity contribution in [2.45, 2.75) is 18.4 Å². The SMILES string of the molecule is Cc1c(-c2cccc(S(=O)(=O)N(C)C)c2)c2cc(C(=O)N(C)C)ccc2n1C/C(F)=C/CNC(=O)O. The molecule has 3 aromatic rings. The van der Waals surface area contributed by atoms with Crippen LogP contribution in [0, 0.1) is 6.92 Å². The van der Waals surface area contributed by atoms with Gasteiger partial charge in [0.05, 0.1) is 11.4 Å². The molecule has 0 spiro atoms. The Labute approximate surface area is 209 Å². The molecule has 2 amide bonds. The first kappa shape index (κ1) is 26.9. The molecule has 1 aromatic heterocycles. The number of nitrogens with zero attached hydrogens (tertiary/aromatic N) is 3. The van der Waals surface area contributed by atoms with Gasteiger partial charge in [-0.05, 0) is 48.9 Å². The molecule has 0 aliphatic heterocycles. The van der Waals surface area contributed by atoms with Gasteiger partial charge in [0.1, 0.15) is 5.83 Å². The normalized spacial score (nSPS) is 12.2. The minimum atomic E-state index is -3.69. The van der Waals surface area contributed by atoms with Crippen molar-refractivity contribution >= 4 is 32.9 Å². The highest BCUT2D eigenvalue weighted by molar-refractivity contribution is 7.89. The molecule has 0 aliphatic carbocycles. The maximum Gasteiger partial charge on any atom is 0.404 e. The maximum atomic E-state index is 14.7. The number of halogens is 1. The summed E-state index contributed by atoms with van der Waals surface area (Å²) in [5.74, 6) is -0.754. The third-order valence-corrected chi connectivity index (χ3v) is 7.57. The first-order valence-electron chi connectivity index (χ1n) is 11.0. The lowest BCUT2D eigenvalue weighted by Gasteiger charge is -2.13. The maximum absolute atomic E-state index is 14.7. The van der Waals surface area contributed by atoms with Crippen LogP contribution in [0.5, 0.6) is 0 Å². The predicted octanol–water partition coefficient (Wildman–Crippen LogP) is 3.69. The summed E-state index contributed by atoms with van der Waals surface area (Å²) in [6.45, 7) is 1.44. The van der Waals surface area contributed by atoms with E-state index in [1.54, 1.807) is 62.0 Å². The van der Waals surface area contributed by atoms with Crippen molar-refractivity contribution in [2.75, 3.05) is 34.7 Å². The van der Waals surface area contributed by atoms with Crippen LogP contribution in [-0.2, 0) is 16.6 Å². The van der Waals surface area contributed by atoms with Crippen LogP contribution in [0.4, 0.5) is 9.18 Å². The molecular weight excluding hydrogens is 487 g/mol. The zero-order valence-corrected chi connectivity index (χ0v) is 21.6. The average molecular weight is 517 g/mol. The summed E-state index contributed by atoms with van der Waals surface area (Å²) in [7, 11) is 2.50. The quantitative estimate of drug-likeness (QED) is 0.474. The van der Waals surface area contributed by atoms with Crippen LogP contribution in [0.25, 0.3) is 22.0 Å². The zero-order valence-electron chi connectivity index (χ0n) is 20.7. The monoisotopic (exact) mass is 516 g/mol. The Kier molecular flexibility index (Phi) is 7.85. The Hall–Kier alpha value is -3.70. The molecule has 11 heteroatoms. The molecule has 0 radical (unpaired) electrons. The van der Waals surface area contributed by atoms with E-state index >= 15 is 0 Å². The van der Waals surface area contributed by atoms with E-state index < -0.39 is 21.9 Å². The number of carboxylic acid groups (broad SMARTS) is 1. The Balaban J connectivity index is 2.23. The van der Waals surface area contributed by atoms with Gasteiger partial charge in [-0.25, -0.2) is 21.9 Å². The molecule has 0 aliphatic rings. The fourth-order valence-corrected chi connectivity index (χ4v) is 4.88. The van der Waals surface area contributed by atoms with Gasteiger partial charge in [0.25, 0.3) is 5.91 Å². The third-order valence-electron chi connectivity index (χ3n) is 5.76. The lowest BCUT2D eigenvalue weighted by molar-refractivity contribution is 0.0827. The lowest BCUT2D eigenvalue weighted by atomic mass is 10.0. The average Bonchev–Trinajstić information content (AvgIpc) is 3.08. The van der Waals surface area contributed by atoms with E-state index in [1.807, 2.05) is 0 Å². The second-order valence-electron chi connectivity index (χ2n) is 8.63. The largest absolute Gasteiger partial charge is 0.465 e. The van der Waals surface area contributed by atoms with E-state index in [0.29, 0.717) is 33.3 Å². The summed E-state index contributed by atoms with van der Waals surface area (Å²) >= 11 is 0. The number of carbonyl (C=O) groups excluding carboxylic acids is 1. The van der Waals surface area contributed by atoms with Gasteiger partial charge in [-0.3, -0.25) is 4.79 Å². The highest BCUT2D eigenvalue weighted by Gasteiger charge is 2.22. The second-order valence-corrected chi connectivity index (χ2v) is 10.8. The van der Waals surface area contributed by atoms with E-state index in [1.165, 1.54) is 25.1 Å². The topological polar surface area (TPSA) is 112 Å². The first-order chi connectivity index (χ1) is 16.8. The van der Waals surface area contributed by atoms with Gasteiger partial charge in [0.2, 0.25) is 10.0 Å². The van der Waals surface area contributed by atoms with Crippen LogP contribution in [0.2, 0.25) is 0 Å². The predicted molar refractivity (Wildman–Crippen MR) is 136 cm³/mol. The third kappa shape index (κ3) is 5.42. The van der Waals surface area contributed by atoms with Crippen molar-refractivity contribution in [2.24, 2.45) is 0 Å². The standard InChI is InChI=1S/C25H29FN4O5S/c1-16-23(17-7-6-8-20(13-17)36(34,35)29(4)5)21-14-18(24(31)28(2)3)9-10-22(21)30(16)15-19(26)11-12-27-25(32)33/h6-11,13-14,27H,12,15H2,1-5H3,(H,32,33)/b19-11-. The smallest absolute Gasteiger partial charge is 0.404 e. The number of allylic oxidation sites excluding steroid dienone is 1. The molecule has 36 heavy (non-hydrogen) atoms. The molecule has 192 valence electrons. The number of rotatable bonds is 8. The van der Waals surface area contributed by atoms with Crippen LogP contribution in [0.1, 0.15) is 16.1 Å². The van der Waals surface area contributed by atoms with Crippen molar-refractivity contribution < 1.29 is 27.5 Å². The molecule has 0 bridgehead atoms. The number of fused-ring (bicyclic) bond motifs is 1. The van der Waals surface area contributed by atoms with Crippen molar-refractivity contribution in [1.82, 2.24) is 19.1 Å². The van der Waals surface area contributed by atoms with Crippen molar-refractivity contribution in [3.8, 4) is 11.1 Å². The number of hydrogen-bond donors (Lipinski definition) is 2. The molecule has 0 saturated carbocycles. The summed E-state index contributed by atoms with van der Waals surface area (Å²) in [6, 6.07) is 11.6. The van der Waals surface area contributed by atoms with Crippen LogP contribution >= 0.6 is 0 Å². The summed E-state index contributed by atoms with van der Waals surface area (Å²) in [5.41, 5.74) is 3.02. The van der Waals surface area contributed by atoms with E-state index in [4.69, 9.17) is 5.11 Å². The Morgan fingerprint density at radius 1 is 1.11 bits per heavy atom. The lowest BCUT2D eigenvalue weighted by Crippen LogP contribution is -2.22. The van der Waals surface area contributed by atoms with Crippen molar-refractivity contribution in [1.29, 1.82) is 0 Å². The van der Waals surface area contributed by atoms with Gasteiger partial charge in [-0.15, -0.1) is 0 Å². The van der Waals surface area contributed by atoms with Crippen LogP contribution in [0.3, 0.4) is 0 Å². The number of hydrogen-bond acceptors (Lipinski definition) is 4. The fourth-order valence-electron chi connectivity index (χ4n) is 3.93. The minimum Gasteiger partial charge on any atom is -0.465 e. The number of sulfonamides is 1. The fraction of sp³-hybridized carbons (Fsp3) is 0.280. The second kappa shape index (κ2) is 10.5. The minimum absolute atomic E-state index is 0.108. The highest BCUT2D eigenvalue weighted by Crippen LogP contribution is 2.37. The van der Waals surface area contributed by atoms with Gasteiger partial charge in [0.15, 0.2) is 0 Å². The summed E-state index contributed by atoms with van der Waals surface area (Å²) in [4.78, 5) is 24.9. The molecule has 9 nitrogen and oxygen atoms in total. The molecule has 0 atom stereocenters. The molecule has 2 aromatic carbocycles. The molecule has 1 heterocycles. The molecule has 0 fully saturated rings. The molecular formula is C25H29FN4O5S. The molecule has 3 rings (SSSR count). The van der Waals surface area contributed by atoms with Crippen molar-refractivity contribution in [3.63, 3.8) is 0 Å². The Morgan fingerprint density at radius 2 is 1.81 bits per heavy atom. The zero-order chi connectivity index (χ0) is 26.8. The van der Waals surface area contributed by atoms with Crippen molar-refractivity contribution in [3.05, 3.63) is 65.6 Å². The van der Waals surface area contributed by atoms with Gasteiger partial charge in [-0.2, -0.15) is 0 Å². The van der Waals surface area contributed by atoms with E-state index in [0.717, 1.165) is 10.4 Å². The molecule has 0 saturated heterocycles. The highest BCUT2D eigenvalue weighted by atomic mass is 32.2. The number of benzene rings is 2. The number of carbonyl (C=O) groups is 2. The summed E-state index contributed by atoms with van der Waals surface area (Å²) in [6.07, 6.45) is -0.109. The van der Waals surface area contributed by atoms with Crippen LogP contribution in [-0.4, -0.2) is 74.0 Å². The molecule has 2 N–H and O–H groups in total. The number of amides is 2. The Bertz CT molecular complexity index is 1460. The van der Waals surface area contributed by atoms with E-state index in [9.17, 15) is 22.4 Å². The first-order valence-corrected chi connectivity index (χ1v) is 12.5. The Morgan fingerprint density at radius 3 is 2.42 bits per heavy atom. The number of nitrogens with one attached hydrogen (secondary N) is 1. The van der Waals surface area contributed by atoms with E-state index in [-0.39, 0.29) is 23.9 Å². The van der Waals surface area contributed by atoms with Gasteiger partial charge in [-0.1, -0.05) is 12.1 Å². The van der Waals surface area contributed by atoms with E-state index in [2.05, 4.69) is 5.32 Å². The van der Waals surface area contributed by atoms with Crippen LogP contribution < -0.4 is 5.32 Å². The number of aromatic nitrogens is 1. The summed E-state index contributed by atoms with van der Waals surface area (Å²) < 4.78 is 43.1. The van der Waals surface area contributed by atoms with Gasteiger partial charge < -0.3 is 19.9 Å². The molecule has 0 unspecified atom stereocenters. The summed E-state index contributed by atoms with van der Waals surface area (Å²) in [5, 5.41) is 11.5. The van der Waals surface area contributed by atoms with Gasteiger partial charge in [0, 0.05) is 62.5 Å². The van der Waals surface area contributed by atoms with Gasteiger partial charge >= 0.3 is 6.09 Å².